The number of benzene rings is 2. The summed E-state index contributed by atoms with van der Waals surface area (Å²) in [6.07, 6.45) is 0. The first-order chi connectivity index (χ1) is 12.6. The SMILES string of the molecule is COC(=O)c1ccc2nnn(OCC(=O)NCc3ccc(F)cc3)c2c1. The van der Waals surface area contributed by atoms with Gasteiger partial charge in [0.1, 0.15) is 16.9 Å². The number of nitrogens with one attached hydrogen (secondary N) is 1. The van der Waals surface area contributed by atoms with Crippen LogP contribution in [0.5, 0.6) is 0 Å². The summed E-state index contributed by atoms with van der Waals surface area (Å²) in [7, 11) is 1.28. The van der Waals surface area contributed by atoms with Crippen LogP contribution in [0, 0.1) is 5.82 Å². The van der Waals surface area contributed by atoms with Crippen LogP contribution >= 0.6 is 0 Å². The van der Waals surface area contributed by atoms with Crippen molar-refractivity contribution in [3.05, 3.63) is 59.4 Å². The molecule has 0 aliphatic carbocycles. The van der Waals surface area contributed by atoms with E-state index in [0.717, 1.165) is 10.4 Å². The zero-order valence-corrected chi connectivity index (χ0v) is 13.8. The molecule has 1 amide bonds. The monoisotopic (exact) mass is 358 g/mol. The molecule has 0 atom stereocenters. The molecule has 3 aromatic rings. The van der Waals surface area contributed by atoms with Crippen molar-refractivity contribution in [3.8, 4) is 0 Å². The molecule has 0 spiro atoms. The number of esters is 1. The molecule has 8 nitrogen and oxygen atoms in total. The Kier molecular flexibility index (Phi) is 5.07. The number of carbonyl (C=O) groups is 2. The largest absolute Gasteiger partial charge is 0.465 e. The van der Waals surface area contributed by atoms with Crippen LogP contribution < -0.4 is 10.2 Å². The fourth-order valence-corrected chi connectivity index (χ4v) is 2.21. The molecule has 0 fully saturated rings. The van der Waals surface area contributed by atoms with E-state index in [4.69, 9.17) is 4.84 Å². The predicted molar refractivity (Wildman–Crippen MR) is 88.6 cm³/mol. The van der Waals surface area contributed by atoms with Gasteiger partial charge < -0.3 is 14.9 Å². The van der Waals surface area contributed by atoms with Crippen molar-refractivity contribution in [2.24, 2.45) is 0 Å². The van der Waals surface area contributed by atoms with E-state index in [1.807, 2.05) is 0 Å². The second-order valence-corrected chi connectivity index (χ2v) is 5.33. The maximum Gasteiger partial charge on any atom is 0.337 e. The van der Waals surface area contributed by atoms with Gasteiger partial charge in [0.2, 0.25) is 0 Å². The maximum atomic E-state index is 12.8. The van der Waals surface area contributed by atoms with E-state index in [1.54, 1.807) is 24.3 Å². The number of carbonyl (C=O) groups excluding carboxylic acids is 2. The van der Waals surface area contributed by atoms with Gasteiger partial charge in [-0.1, -0.05) is 17.0 Å². The van der Waals surface area contributed by atoms with Gasteiger partial charge in [0.05, 0.1) is 12.7 Å². The van der Waals surface area contributed by atoms with Gasteiger partial charge in [-0.2, -0.15) is 0 Å². The number of halogens is 1. The van der Waals surface area contributed by atoms with Crippen LogP contribution in [0.4, 0.5) is 4.39 Å². The number of aromatic nitrogens is 3. The quantitative estimate of drug-likeness (QED) is 0.663. The van der Waals surface area contributed by atoms with E-state index in [9.17, 15) is 14.0 Å². The fraction of sp³-hybridized carbons (Fsp3) is 0.176. The minimum atomic E-state index is -0.503. The number of amides is 1. The molecule has 9 heteroatoms. The van der Waals surface area contributed by atoms with Gasteiger partial charge in [-0.25, -0.2) is 9.18 Å². The highest BCUT2D eigenvalue weighted by Gasteiger charge is 2.12. The van der Waals surface area contributed by atoms with Gasteiger partial charge in [0.15, 0.2) is 6.61 Å². The van der Waals surface area contributed by atoms with Crippen molar-refractivity contribution < 1.29 is 23.6 Å². The molecule has 3 rings (SSSR count). The van der Waals surface area contributed by atoms with Crippen LogP contribution in [0.2, 0.25) is 0 Å². The summed E-state index contributed by atoms with van der Waals surface area (Å²) in [6, 6.07) is 10.5. The highest BCUT2D eigenvalue weighted by atomic mass is 19.1. The highest BCUT2D eigenvalue weighted by molar-refractivity contribution is 5.93. The van der Waals surface area contributed by atoms with E-state index in [2.05, 4.69) is 20.4 Å². The third-order valence-corrected chi connectivity index (χ3v) is 3.56. The zero-order valence-electron chi connectivity index (χ0n) is 13.8. The smallest absolute Gasteiger partial charge is 0.337 e. The Hall–Kier alpha value is -3.49. The average Bonchev–Trinajstić information content (AvgIpc) is 3.07. The molecule has 26 heavy (non-hydrogen) atoms. The number of ether oxygens (including phenoxy) is 1. The average molecular weight is 358 g/mol. The molecule has 0 unspecified atom stereocenters. The number of rotatable bonds is 6. The maximum absolute atomic E-state index is 12.8. The van der Waals surface area contributed by atoms with Gasteiger partial charge in [-0.15, -0.1) is 5.10 Å². The van der Waals surface area contributed by atoms with Crippen LogP contribution in [-0.2, 0) is 16.1 Å². The Morgan fingerprint density at radius 1 is 1.19 bits per heavy atom. The highest BCUT2D eigenvalue weighted by Crippen LogP contribution is 2.13. The van der Waals surface area contributed by atoms with Gasteiger partial charge in [-0.3, -0.25) is 4.79 Å². The van der Waals surface area contributed by atoms with E-state index < -0.39 is 5.97 Å². The van der Waals surface area contributed by atoms with E-state index in [-0.39, 0.29) is 24.9 Å². The lowest BCUT2D eigenvalue weighted by atomic mass is 10.2. The second-order valence-electron chi connectivity index (χ2n) is 5.33. The molecule has 1 heterocycles. The molecule has 0 aliphatic heterocycles. The molecule has 2 aromatic carbocycles. The van der Waals surface area contributed by atoms with Crippen molar-refractivity contribution in [1.82, 2.24) is 20.5 Å². The number of methoxy groups -OCH3 is 1. The molecular weight excluding hydrogens is 343 g/mol. The topological polar surface area (TPSA) is 95.3 Å². The first-order valence-electron chi connectivity index (χ1n) is 7.65. The van der Waals surface area contributed by atoms with Crippen molar-refractivity contribution in [3.63, 3.8) is 0 Å². The Bertz CT molecular complexity index is 940. The summed E-state index contributed by atoms with van der Waals surface area (Å²) >= 11 is 0. The van der Waals surface area contributed by atoms with Crippen LogP contribution in [0.3, 0.4) is 0 Å². The number of hydrogen-bond acceptors (Lipinski definition) is 6. The molecule has 0 aliphatic rings. The first-order valence-corrected chi connectivity index (χ1v) is 7.65. The van der Waals surface area contributed by atoms with E-state index in [1.165, 1.54) is 25.3 Å². The van der Waals surface area contributed by atoms with Gasteiger partial charge in [0.25, 0.3) is 5.91 Å². The molecule has 0 bridgehead atoms. The Morgan fingerprint density at radius 3 is 2.69 bits per heavy atom. The van der Waals surface area contributed by atoms with Crippen LogP contribution in [0.25, 0.3) is 11.0 Å². The minimum Gasteiger partial charge on any atom is -0.465 e. The summed E-state index contributed by atoms with van der Waals surface area (Å²) < 4.78 is 17.5. The van der Waals surface area contributed by atoms with Crippen molar-refractivity contribution in [2.45, 2.75) is 6.54 Å². The summed E-state index contributed by atoms with van der Waals surface area (Å²) in [6.45, 7) is -0.0603. The molecule has 0 saturated heterocycles. The van der Waals surface area contributed by atoms with Gasteiger partial charge in [-0.05, 0) is 41.1 Å². The standard InChI is InChI=1S/C17H15FN4O4/c1-25-17(24)12-4-7-14-15(8-12)22(21-20-14)26-10-16(23)19-9-11-2-5-13(18)6-3-11/h2-8H,9-10H2,1H3,(H,19,23). The van der Waals surface area contributed by atoms with Gasteiger partial charge >= 0.3 is 5.97 Å². The molecule has 1 N–H and O–H groups in total. The normalized spacial score (nSPS) is 10.5. The molecule has 0 radical (unpaired) electrons. The molecule has 134 valence electrons. The van der Waals surface area contributed by atoms with E-state index in [0.29, 0.717) is 16.6 Å². The van der Waals surface area contributed by atoms with Crippen molar-refractivity contribution >= 4 is 22.9 Å². The second kappa shape index (κ2) is 7.60. The third kappa shape index (κ3) is 3.94. The van der Waals surface area contributed by atoms with E-state index >= 15 is 0 Å². The lowest BCUT2D eigenvalue weighted by molar-refractivity contribution is -0.126. The van der Waals surface area contributed by atoms with Crippen molar-refractivity contribution in [2.75, 3.05) is 13.7 Å². The summed E-state index contributed by atoms with van der Waals surface area (Å²) in [4.78, 5) is 29.9. The first kappa shape index (κ1) is 17.3. The van der Waals surface area contributed by atoms with Crippen LogP contribution in [-0.4, -0.2) is 40.8 Å². The summed E-state index contributed by atoms with van der Waals surface area (Å²) in [5, 5.41) is 10.3. The van der Waals surface area contributed by atoms with Gasteiger partial charge in [0, 0.05) is 6.54 Å². The molecular formula is C17H15FN4O4. The minimum absolute atomic E-state index is 0.243. The fourth-order valence-electron chi connectivity index (χ4n) is 2.21. The number of nitrogens with zero attached hydrogens (tertiary/aromatic N) is 3. The van der Waals surface area contributed by atoms with Crippen molar-refractivity contribution in [1.29, 1.82) is 0 Å². The Balaban J connectivity index is 1.60. The number of hydrogen-bond donors (Lipinski definition) is 1. The Labute approximate surface area is 147 Å². The summed E-state index contributed by atoms with van der Waals surface area (Å²) in [5.74, 6) is -1.23. The predicted octanol–water partition coefficient (Wildman–Crippen LogP) is 1.10. The lowest BCUT2D eigenvalue weighted by Crippen LogP contribution is -2.31. The zero-order chi connectivity index (χ0) is 18.5. The van der Waals surface area contributed by atoms with Crippen LogP contribution in [0.1, 0.15) is 15.9 Å². The van der Waals surface area contributed by atoms with Crippen LogP contribution in [0.15, 0.2) is 42.5 Å². The number of fused-ring (bicyclic) bond motifs is 1. The Morgan fingerprint density at radius 2 is 1.96 bits per heavy atom. The lowest BCUT2D eigenvalue weighted by Gasteiger charge is -2.07. The molecule has 0 saturated carbocycles. The third-order valence-electron chi connectivity index (χ3n) is 3.56. The molecule has 1 aromatic heterocycles. The summed E-state index contributed by atoms with van der Waals surface area (Å²) in [5.41, 5.74) is 2.00.